The van der Waals surface area contributed by atoms with Gasteiger partial charge in [0, 0.05) is 0 Å². The van der Waals surface area contributed by atoms with Gasteiger partial charge in [-0.3, -0.25) is 0 Å². The topological polar surface area (TPSA) is 83.6 Å². The average molecular weight is 293 g/mol. The van der Waals surface area contributed by atoms with Crippen molar-refractivity contribution in [1.29, 1.82) is 0 Å². The molecular formula is C10H12BF3NO3P. The second-order valence-electron chi connectivity index (χ2n) is 4.17. The molecule has 1 heterocycles. The molecule has 4 N–H and O–H groups in total. The molecule has 0 spiro atoms. The monoisotopic (exact) mass is 293 g/mol. The summed E-state index contributed by atoms with van der Waals surface area (Å²) in [5.74, 6) is 0. The molecule has 0 aromatic carbocycles. The maximum absolute atomic E-state index is 13.3. The minimum atomic E-state index is -4.80. The minimum absolute atomic E-state index is 0.448. The van der Waals surface area contributed by atoms with E-state index in [9.17, 15) is 28.2 Å². The van der Waals surface area contributed by atoms with Crippen molar-refractivity contribution in [3.05, 3.63) is 17.7 Å². The Labute approximate surface area is 110 Å². The third-order valence-corrected chi connectivity index (χ3v) is 3.03. The van der Waals surface area contributed by atoms with Crippen LogP contribution in [0.3, 0.4) is 0 Å². The summed E-state index contributed by atoms with van der Waals surface area (Å²) in [5.41, 5.74) is 0.304. The van der Waals surface area contributed by atoms with E-state index in [0.717, 1.165) is 19.0 Å². The Morgan fingerprint density at radius 3 is 2.11 bits per heavy atom. The first kappa shape index (κ1) is 15.9. The Hall–Kier alpha value is -1.14. The van der Waals surface area contributed by atoms with Crippen molar-refractivity contribution in [2.24, 2.45) is 5.73 Å². The average Bonchev–Trinajstić information content (AvgIpc) is 2.22. The number of hydrogen-bond donors (Lipinski definition) is 3. The van der Waals surface area contributed by atoms with E-state index in [-0.39, 0.29) is 0 Å². The van der Waals surface area contributed by atoms with Crippen LogP contribution in [0.1, 0.15) is 12.0 Å². The van der Waals surface area contributed by atoms with E-state index < -0.39 is 46.9 Å². The quantitative estimate of drug-likeness (QED) is 0.723. The molecule has 9 heteroatoms. The van der Waals surface area contributed by atoms with E-state index in [1.807, 2.05) is 0 Å². The molecule has 0 bridgehead atoms. The van der Waals surface area contributed by atoms with Gasteiger partial charge < -0.3 is 0 Å². The molecule has 0 aliphatic carbocycles. The van der Waals surface area contributed by atoms with Crippen LogP contribution in [-0.2, 0) is 10.2 Å². The Morgan fingerprint density at radius 2 is 1.79 bits per heavy atom. The first-order valence-electron chi connectivity index (χ1n) is 5.21. The molecule has 2 atom stereocenters. The first-order valence-corrected chi connectivity index (χ1v) is 5.79. The van der Waals surface area contributed by atoms with Crippen LogP contribution >= 0.6 is 9.24 Å². The third-order valence-electron chi connectivity index (χ3n) is 2.82. The normalized spacial score (nSPS) is 14.8. The molecule has 19 heavy (non-hydrogen) atoms. The van der Waals surface area contributed by atoms with Crippen LogP contribution in [0.2, 0.25) is 0 Å². The van der Waals surface area contributed by atoms with Gasteiger partial charge in [0.1, 0.15) is 0 Å². The molecule has 104 valence electrons. The van der Waals surface area contributed by atoms with Gasteiger partial charge in [-0.15, -0.1) is 0 Å². The van der Waals surface area contributed by atoms with Crippen LogP contribution in [0.25, 0.3) is 0 Å². The summed E-state index contributed by atoms with van der Waals surface area (Å²) in [7, 11) is 1.66. The molecule has 0 aliphatic heterocycles. The van der Waals surface area contributed by atoms with Crippen LogP contribution in [-0.4, -0.2) is 35.4 Å². The number of hydrogen-bond acceptors (Lipinski definition) is 4. The number of nitrogens with two attached hydrogens (primary N) is 1. The predicted molar refractivity (Wildman–Crippen MR) is 67.2 cm³/mol. The Kier molecular flexibility index (Phi) is 4.58. The molecule has 0 radical (unpaired) electrons. The zero-order chi connectivity index (χ0) is 14.8. The third kappa shape index (κ3) is 3.25. The molecule has 1 rings (SSSR count). The van der Waals surface area contributed by atoms with E-state index in [4.69, 9.17) is 5.73 Å². The van der Waals surface area contributed by atoms with Crippen molar-refractivity contribution < 1.29 is 28.2 Å². The van der Waals surface area contributed by atoms with Crippen LogP contribution < -0.4 is 5.73 Å². The van der Waals surface area contributed by atoms with Crippen LogP contribution in [0.5, 0.6) is 11.3 Å². The number of halogens is 3. The summed E-state index contributed by atoms with van der Waals surface area (Å²) in [6, 6.07) is 1.68. The molecule has 1 aromatic heterocycles. The second-order valence-corrected chi connectivity index (χ2v) is 4.81. The van der Waals surface area contributed by atoms with Crippen LogP contribution in [0.15, 0.2) is 12.1 Å². The van der Waals surface area contributed by atoms with Crippen molar-refractivity contribution in [1.82, 2.24) is 0 Å². The van der Waals surface area contributed by atoms with Crippen LogP contribution in [0, 0.1) is 0 Å². The molecule has 0 saturated heterocycles. The summed E-state index contributed by atoms with van der Waals surface area (Å²) in [4.78, 5) is 11.1. The van der Waals surface area contributed by atoms with Gasteiger partial charge in [0.25, 0.3) is 0 Å². The van der Waals surface area contributed by atoms with Gasteiger partial charge in [-0.1, -0.05) is 0 Å². The Bertz CT molecular complexity index is 477. The summed E-state index contributed by atoms with van der Waals surface area (Å²) >= 11 is 0. The van der Waals surface area contributed by atoms with Gasteiger partial charge in [-0.25, -0.2) is 0 Å². The SMILES string of the molecule is NCC(CC(=O)P)(c1cc(O)bc(O)c1)C(F)(F)F. The van der Waals surface area contributed by atoms with E-state index in [1.165, 1.54) is 0 Å². The first-order chi connectivity index (χ1) is 8.62. The van der Waals surface area contributed by atoms with E-state index >= 15 is 0 Å². The molecule has 0 aliphatic rings. The summed E-state index contributed by atoms with van der Waals surface area (Å²) in [5, 5.41) is 18.6. The standard InChI is InChI=1S/C10H12BF3NO3P/c12-10(13,14)9(4-15,3-8(18)19)5-1-6(16)11-7(17)2-5/h1-2,16-17H,3-4,15,19H2. The fourth-order valence-electron chi connectivity index (χ4n) is 1.84. The molecule has 1 aromatic rings. The molecule has 2 unspecified atom stereocenters. The fraction of sp³-hybridized carbons (Fsp3) is 0.400. The maximum atomic E-state index is 13.3. The summed E-state index contributed by atoms with van der Waals surface area (Å²) in [6.07, 6.45) is -5.69. The van der Waals surface area contributed by atoms with E-state index in [2.05, 4.69) is 0 Å². The van der Waals surface area contributed by atoms with Crippen molar-refractivity contribution >= 4 is 21.7 Å². The number of carbonyl (C=O) groups excluding carboxylic acids is 1. The summed E-state index contributed by atoms with van der Waals surface area (Å²) in [6.45, 7) is 0.0171. The van der Waals surface area contributed by atoms with Crippen molar-refractivity contribution in [2.75, 3.05) is 6.54 Å². The summed E-state index contributed by atoms with van der Waals surface area (Å²) < 4.78 is 39.8. The number of aromatic hydroxyl groups is 2. The van der Waals surface area contributed by atoms with Gasteiger partial charge in [0.15, 0.2) is 0 Å². The zero-order valence-corrected chi connectivity index (χ0v) is 10.9. The number of rotatable bonds is 4. The van der Waals surface area contributed by atoms with Gasteiger partial charge in [-0.05, 0) is 0 Å². The van der Waals surface area contributed by atoms with Gasteiger partial charge >= 0.3 is 109 Å². The van der Waals surface area contributed by atoms with E-state index in [0.29, 0.717) is 0 Å². The van der Waals surface area contributed by atoms with Gasteiger partial charge in [0.2, 0.25) is 0 Å². The van der Waals surface area contributed by atoms with Crippen molar-refractivity contribution in [2.45, 2.75) is 18.0 Å². The molecule has 0 saturated carbocycles. The van der Waals surface area contributed by atoms with Crippen molar-refractivity contribution in [3.63, 3.8) is 0 Å². The molecule has 0 amide bonds. The van der Waals surface area contributed by atoms with Crippen LogP contribution in [0.4, 0.5) is 13.2 Å². The van der Waals surface area contributed by atoms with Gasteiger partial charge in [-0.2, -0.15) is 0 Å². The number of alkyl halides is 3. The zero-order valence-electron chi connectivity index (χ0n) is 9.74. The van der Waals surface area contributed by atoms with Gasteiger partial charge in [0.05, 0.1) is 0 Å². The Morgan fingerprint density at radius 1 is 1.32 bits per heavy atom. The predicted octanol–water partition coefficient (Wildman–Crippen LogP) is 0.986. The molecular weight excluding hydrogens is 281 g/mol. The molecule has 4 nitrogen and oxygen atoms in total. The number of carbonyl (C=O) groups is 1. The Balaban J connectivity index is 3.49. The fourth-order valence-corrected chi connectivity index (χ4v) is 2.19. The molecule has 0 fully saturated rings. The van der Waals surface area contributed by atoms with E-state index in [1.54, 1.807) is 9.24 Å². The second kappa shape index (κ2) is 5.47. The van der Waals surface area contributed by atoms with Crippen molar-refractivity contribution in [3.8, 4) is 11.3 Å².